The van der Waals surface area contributed by atoms with Crippen LogP contribution in [-0.4, -0.2) is 87.2 Å². The van der Waals surface area contributed by atoms with Crippen molar-refractivity contribution >= 4 is 45.4 Å². The van der Waals surface area contributed by atoms with Crippen LogP contribution in [0.4, 0.5) is 0 Å². The van der Waals surface area contributed by atoms with Gasteiger partial charge in [0.15, 0.2) is 16.6 Å². The fraction of sp³-hybridized carbons (Fsp3) is 1.00. The molecule has 0 aliphatic heterocycles. The van der Waals surface area contributed by atoms with Crippen molar-refractivity contribution in [2.45, 2.75) is 90.4 Å². The van der Waals surface area contributed by atoms with Gasteiger partial charge in [-0.15, -0.1) is 0 Å². The van der Waals surface area contributed by atoms with Crippen LogP contribution >= 0.6 is 0 Å². The molecule has 0 aromatic rings. The van der Waals surface area contributed by atoms with Crippen LogP contribution in [0.1, 0.15) is 39.0 Å². The highest BCUT2D eigenvalue weighted by atomic mass is 32.2. The van der Waals surface area contributed by atoms with Gasteiger partial charge in [0.1, 0.15) is 0 Å². The molecule has 0 spiro atoms. The van der Waals surface area contributed by atoms with E-state index in [4.69, 9.17) is 8.23 Å². The van der Waals surface area contributed by atoms with E-state index in [0.29, 0.717) is 19.6 Å². The highest BCUT2D eigenvalue weighted by Crippen LogP contribution is 2.26. The summed E-state index contributed by atoms with van der Waals surface area (Å²) in [5.41, 5.74) is 0. The summed E-state index contributed by atoms with van der Waals surface area (Å²) in [4.78, 5) is 1.93. The summed E-state index contributed by atoms with van der Waals surface area (Å²) < 4.78 is 78.5. The Kier molecular flexibility index (Phi) is 14.3. The largest absolute Gasteiger partial charge is 0.748 e. The molecule has 0 aromatic heterocycles. The maximum absolute atomic E-state index is 10.9. The first-order chi connectivity index (χ1) is 14.8. The Morgan fingerprint density at radius 1 is 0.667 bits per heavy atom. The molecular formula is C19H45NO8S2Si3-2. The van der Waals surface area contributed by atoms with Gasteiger partial charge in [0.25, 0.3) is 0 Å². The molecule has 0 rings (SSSR count). The van der Waals surface area contributed by atoms with Crippen LogP contribution < -0.4 is 0 Å². The zero-order chi connectivity index (χ0) is 26.0. The van der Waals surface area contributed by atoms with E-state index in [2.05, 4.69) is 46.2 Å². The molecule has 0 atom stereocenters. The van der Waals surface area contributed by atoms with E-state index in [0.717, 1.165) is 24.9 Å². The molecule has 200 valence electrons. The average Bonchev–Trinajstić information content (AvgIpc) is 2.55. The molecule has 0 aliphatic carbocycles. The van der Waals surface area contributed by atoms with Crippen molar-refractivity contribution in [1.82, 2.24) is 4.90 Å². The van der Waals surface area contributed by atoms with Crippen LogP contribution in [0, 0.1) is 0 Å². The second kappa shape index (κ2) is 14.2. The number of rotatable bonds is 19. The van der Waals surface area contributed by atoms with Gasteiger partial charge in [0, 0.05) is 11.5 Å². The van der Waals surface area contributed by atoms with E-state index in [9.17, 15) is 25.9 Å². The van der Waals surface area contributed by atoms with Crippen molar-refractivity contribution in [3.05, 3.63) is 0 Å². The van der Waals surface area contributed by atoms with Gasteiger partial charge < -0.3 is 22.2 Å². The van der Waals surface area contributed by atoms with Gasteiger partial charge in [-0.25, -0.2) is 16.8 Å². The molecule has 0 heterocycles. The Labute approximate surface area is 205 Å². The molecule has 0 aromatic carbocycles. The number of nitrogens with zero attached hydrogens (tertiary/aromatic N) is 1. The van der Waals surface area contributed by atoms with Gasteiger partial charge in [0.2, 0.25) is 0 Å². The Bertz CT molecular complexity index is 736. The van der Waals surface area contributed by atoms with E-state index in [1.807, 2.05) is 4.90 Å². The third-order valence-electron chi connectivity index (χ3n) is 5.17. The highest BCUT2D eigenvalue weighted by Gasteiger charge is 2.39. The molecule has 0 aliphatic rings. The van der Waals surface area contributed by atoms with Gasteiger partial charge in [-0.1, -0.05) is 19.8 Å². The van der Waals surface area contributed by atoms with E-state index < -0.39 is 56.9 Å². The Hall–Kier alpha value is 0.351. The summed E-state index contributed by atoms with van der Waals surface area (Å²) in [6.45, 7) is 16.6. The van der Waals surface area contributed by atoms with Crippen molar-refractivity contribution in [2.75, 3.05) is 31.1 Å². The van der Waals surface area contributed by atoms with Crippen molar-refractivity contribution in [3.63, 3.8) is 0 Å². The normalized spacial score (nSPS) is 14.2. The highest BCUT2D eigenvalue weighted by molar-refractivity contribution is 7.85. The van der Waals surface area contributed by atoms with Gasteiger partial charge in [-0.2, -0.15) is 0 Å². The second-order valence-electron chi connectivity index (χ2n) is 10.4. The summed E-state index contributed by atoms with van der Waals surface area (Å²) in [7, 11) is -14.6. The van der Waals surface area contributed by atoms with Crippen LogP contribution in [0.5, 0.6) is 0 Å². The van der Waals surface area contributed by atoms with Gasteiger partial charge in [0.05, 0.1) is 20.2 Å². The molecule has 0 saturated carbocycles. The first-order valence-electron chi connectivity index (χ1n) is 11.8. The second-order valence-corrected chi connectivity index (χ2v) is 25.9. The minimum Gasteiger partial charge on any atom is -0.748 e. The Morgan fingerprint density at radius 3 is 1.39 bits per heavy atom. The first-order valence-corrected chi connectivity index (χ1v) is 24.0. The van der Waals surface area contributed by atoms with Gasteiger partial charge in [-0.3, -0.25) is 0 Å². The molecule has 14 heteroatoms. The third kappa shape index (κ3) is 20.3. The predicted molar refractivity (Wildman–Crippen MR) is 139 cm³/mol. The van der Waals surface area contributed by atoms with Crippen molar-refractivity contribution in [3.8, 4) is 0 Å². The minimum absolute atomic E-state index is 0.179. The third-order valence-corrected chi connectivity index (χ3v) is 18.2. The standard InChI is InChI=1S/C19H47NO8S2Si3/c1-8-9-18-31(2,3)27-33(6,7)28-32(4,5)19-12-15-20(13-10-16-29(21,22)23)14-11-17-30(24,25)26/h8-19H2,1-7H3,(H,21,22,23)(H,24,25,26)/p-2. The van der Waals surface area contributed by atoms with Crippen LogP contribution in [0.15, 0.2) is 0 Å². The van der Waals surface area contributed by atoms with Crippen LogP contribution in [0.2, 0.25) is 51.4 Å². The SMILES string of the molecule is CCCC[Si](C)(C)O[Si](C)(C)O[Si](C)(C)CCCN(CCCS(=O)(=O)[O-])CCCS(=O)(=O)[O-]. The summed E-state index contributed by atoms with van der Waals surface area (Å²) in [6, 6.07) is 2.00. The zero-order valence-electron chi connectivity index (χ0n) is 21.5. The molecule has 0 unspecified atom stereocenters. The smallest absolute Gasteiger partial charge is 0.311 e. The lowest BCUT2D eigenvalue weighted by molar-refractivity contribution is 0.272. The van der Waals surface area contributed by atoms with E-state index in [-0.39, 0.29) is 12.8 Å². The molecular weight excluding hydrogens is 519 g/mol. The van der Waals surface area contributed by atoms with E-state index in [1.165, 1.54) is 6.42 Å². The lowest BCUT2D eigenvalue weighted by Gasteiger charge is -2.39. The number of hydrogen-bond donors (Lipinski definition) is 0. The monoisotopic (exact) mass is 563 g/mol. The molecule has 0 saturated heterocycles. The van der Waals surface area contributed by atoms with E-state index >= 15 is 0 Å². The topological polar surface area (TPSA) is 136 Å². The van der Waals surface area contributed by atoms with Crippen molar-refractivity contribution in [1.29, 1.82) is 0 Å². The fourth-order valence-corrected chi connectivity index (χ4v) is 19.2. The average molecular weight is 564 g/mol. The summed E-state index contributed by atoms with van der Waals surface area (Å²) in [6.07, 6.45) is 3.48. The maximum Gasteiger partial charge on any atom is 0.311 e. The summed E-state index contributed by atoms with van der Waals surface area (Å²) >= 11 is 0. The van der Waals surface area contributed by atoms with Crippen LogP contribution in [-0.2, 0) is 28.5 Å². The fourth-order valence-electron chi connectivity index (χ4n) is 4.05. The molecule has 0 fully saturated rings. The predicted octanol–water partition coefficient (Wildman–Crippen LogP) is 3.49. The summed E-state index contributed by atoms with van der Waals surface area (Å²) in [5.74, 6) is -0.914. The lowest BCUT2D eigenvalue weighted by Crippen LogP contribution is -2.52. The van der Waals surface area contributed by atoms with Crippen LogP contribution in [0.25, 0.3) is 0 Å². The van der Waals surface area contributed by atoms with Crippen LogP contribution in [0.3, 0.4) is 0 Å². The van der Waals surface area contributed by atoms with Crippen molar-refractivity contribution in [2.24, 2.45) is 0 Å². The minimum atomic E-state index is -4.29. The lowest BCUT2D eigenvalue weighted by atomic mass is 10.3. The van der Waals surface area contributed by atoms with Gasteiger partial charge >= 0.3 is 8.56 Å². The molecule has 0 bridgehead atoms. The first kappa shape index (κ1) is 33.4. The zero-order valence-corrected chi connectivity index (χ0v) is 26.1. The van der Waals surface area contributed by atoms with Crippen molar-refractivity contribution < 1.29 is 34.2 Å². The molecule has 0 radical (unpaired) electrons. The Balaban J connectivity index is 4.81. The number of hydrogen-bond acceptors (Lipinski definition) is 9. The van der Waals surface area contributed by atoms with Gasteiger partial charge in [-0.05, 0) is 90.3 Å². The van der Waals surface area contributed by atoms with E-state index in [1.54, 1.807) is 0 Å². The molecule has 0 N–H and O–H groups in total. The maximum atomic E-state index is 10.9. The number of unbranched alkanes of at least 4 members (excludes halogenated alkanes) is 1. The molecule has 0 amide bonds. The molecule has 9 nitrogen and oxygen atoms in total. The molecule has 33 heavy (non-hydrogen) atoms. The Morgan fingerprint density at radius 2 is 1.03 bits per heavy atom. The quantitative estimate of drug-likeness (QED) is 0.171. The summed E-state index contributed by atoms with van der Waals surface area (Å²) in [5, 5.41) is 0.